The van der Waals surface area contributed by atoms with E-state index in [1.54, 1.807) is 4.90 Å². The molecular weight excluding hydrogens is 326 g/mol. The average molecular weight is 351 g/mol. The molecule has 1 fully saturated rings. The van der Waals surface area contributed by atoms with E-state index in [0.29, 0.717) is 13.1 Å². The third-order valence-electron chi connectivity index (χ3n) is 4.77. The highest BCUT2D eigenvalue weighted by Gasteiger charge is 2.24. The van der Waals surface area contributed by atoms with Crippen LogP contribution < -0.4 is 9.80 Å². The van der Waals surface area contributed by atoms with E-state index in [9.17, 15) is 9.59 Å². The Balaban J connectivity index is 1.60. The van der Waals surface area contributed by atoms with Gasteiger partial charge < -0.3 is 14.7 Å². The van der Waals surface area contributed by atoms with Gasteiger partial charge in [0.05, 0.1) is 0 Å². The van der Waals surface area contributed by atoms with Gasteiger partial charge >= 0.3 is 0 Å². The Hall–Kier alpha value is -2.82. The molecule has 0 unspecified atom stereocenters. The van der Waals surface area contributed by atoms with Crippen LogP contribution in [0.15, 0.2) is 54.6 Å². The molecule has 2 aromatic rings. The topological polar surface area (TPSA) is 43.9 Å². The summed E-state index contributed by atoms with van der Waals surface area (Å²) in [6.07, 6.45) is 0. The van der Waals surface area contributed by atoms with Crippen LogP contribution in [-0.2, 0) is 9.59 Å². The van der Waals surface area contributed by atoms with Crippen molar-refractivity contribution in [3.8, 4) is 0 Å². The molecule has 2 amide bonds. The molecule has 0 spiro atoms. The number of nitrogens with zero attached hydrogens (tertiary/aromatic N) is 3. The molecule has 0 saturated carbocycles. The molecular formula is C21H25N3O2. The zero-order valence-electron chi connectivity index (χ0n) is 15.4. The number of carbonyl (C=O) groups excluding carboxylic acids is 2. The van der Waals surface area contributed by atoms with Gasteiger partial charge in [0.1, 0.15) is 6.54 Å². The van der Waals surface area contributed by atoms with Crippen LogP contribution in [0.2, 0.25) is 0 Å². The van der Waals surface area contributed by atoms with Crippen molar-refractivity contribution >= 4 is 23.2 Å². The number of aryl methyl sites for hydroxylation is 1. The number of carbonyl (C=O) groups is 2. The van der Waals surface area contributed by atoms with Gasteiger partial charge in [0.2, 0.25) is 11.8 Å². The van der Waals surface area contributed by atoms with Crippen molar-refractivity contribution in [3.63, 3.8) is 0 Å². The third-order valence-corrected chi connectivity index (χ3v) is 4.77. The molecule has 3 rings (SSSR count). The lowest BCUT2D eigenvalue weighted by Gasteiger charge is -2.37. The average Bonchev–Trinajstić information content (AvgIpc) is 2.67. The number of hydrogen-bond acceptors (Lipinski definition) is 3. The largest absolute Gasteiger partial charge is 0.368 e. The summed E-state index contributed by atoms with van der Waals surface area (Å²) < 4.78 is 0. The highest BCUT2D eigenvalue weighted by molar-refractivity contribution is 5.97. The third kappa shape index (κ3) is 4.23. The maximum atomic E-state index is 12.7. The minimum Gasteiger partial charge on any atom is -0.368 e. The van der Waals surface area contributed by atoms with E-state index in [2.05, 4.69) is 17.0 Å². The number of amides is 2. The summed E-state index contributed by atoms with van der Waals surface area (Å²) >= 11 is 0. The van der Waals surface area contributed by atoms with Crippen molar-refractivity contribution in [2.75, 3.05) is 42.5 Å². The smallest absolute Gasteiger partial charge is 0.242 e. The first-order chi connectivity index (χ1) is 12.5. The fraction of sp³-hybridized carbons (Fsp3) is 0.333. The minimum atomic E-state index is -0.120. The summed E-state index contributed by atoms with van der Waals surface area (Å²) in [5.74, 6) is -0.126. The van der Waals surface area contributed by atoms with Crippen molar-refractivity contribution in [1.82, 2.24) is 4.90 Å². The molecule has 0 aromatic heterocycles. The van der Waals surface area contributed by atoms with Gasteiger partial charge in [0.15, 0.2) is 0 Å². The Kier molecular flexibility index (Phi) is 5.56. The van der Waals surface area contributed by atoms with Crippen LogP contribution >= 0.6 is 0 Å². The minimum absolute atomic E-state index is 0.00603. The maximum Gasteiger partial charge on any atom is 0.242 e. The van der Waals surface area contributed by atoms with Crippen LogP contribution in [0.1, 0.15) is 12.5 Å². The molecule has 5 heteroatoms. The molecule has 0 radical (unpaired) electrons. The Morgan fingerprint density at radius 3 is 2.12 bits per heavy atom. The van der Waals surface area contributed by atoms with Gasteiger partial charge in [-0.05, 0) is 31.2 Å². The van der Waals surface area contributed by atoms with E-state index >= 15 is 0 Å². The van der Waals surface area contributed by atoms with Gasteiger partial charge in [-0.25, -0.2) is 0 Å². The first kappa shape index (κ1) is 18.0. The molecule has 26 heavy (non-hydrogen) atoms. The van der Waals surface area contributed by atoms with Crippen molar-refractivity contribution in [2.45, 2.75) is 13.8 Å². The molecule has 0 aliphatic carbocycles. The van der Waals surface area contributed by atoms with Crippen molar-refractivity contribution in [1.29, 1.82) is 0 Å². The second-order valence-electron chi connectivity index (χ2n) is 6.64. The highest BCUT2D eigenvalue weighted by atomic mass is 16.2. The second-order valence-corrected chi connectivity index (χ2v) is 6.64. The van der Waals surface area contributed by atoms with Gasteiger partial charge in [0.25, 0.3) is 0 Å². The molecule has 2 aromatic carbocycles. The predicted octanol–water partition coefficient (Wildman–Crippen LogP) is 2.70. The van der Waals surface area contributed by atoms with E-state index in [4.69, 9.17) is 0 Å². The number of piperazine rings is 1. The standard InChI is InChI=1S/C21H25N3O2/c1-17-8-10-20(11-9-17)24(18(2)25)16-21(26)23-14-12-22(13-15-23)19-6-4-3-5-7-19/h3-11H,12-16H2,1-2H3. The number of para-hydroxylation sites is 1. The van der Waals surface area contributed by atoms with Gasteiger partial charge in [-0.1, -0.05) is 35.9 Å². The monoisotopic (exact) mass is 351 g/mol. The van der Waals surface area contributed by atoms with E-state index in [-0.39, 0.29) is 18.4 Å². The Morgan fingerprint density at radius 2 is 1.54 bits per heavy atom. The summed E-state index contributed by atoms with van der Waals surface area (Å²) in [7, 11) is 0. The summed E-state index contributed by atoms with van der Waals surface area (Å²) in [5, 5.41) is 0. The lowest BCUT2D eigenvalue weighted by atomic mass is 10.2. The van der Waals surface area contributed by atoms with Gasteiger partial charge in [-0.15, -0.1) is 0 Å². The molecule has 0 bridgehead atoms. The lowest BCUT2D eigenvalue weighted by molar-refractivity contribution is -0.131. The quantitative estimate of drug-likeness (QED) is 0.851. The zero-order chi connectivity index (χ0) is 18.5. The molecule has 1 saturated heterocycles. The second kappa shape index (κ2) is 8.04. The molecule has 0 atom stereocenters. The molecule has 0 N–H and O–H groups in total. The van der Waals surface area contributed by atoms with Crippen LogP contribution in [0.3, 0.4) is 0 Å². The summed E-state index contributed by atoms with van der Waals surface area (Å²) in [6.45, 7) is 6.55. The van der Waals surface area contributed by atoms with Crippen LogP contribution in [0.5, 0.6) is 0 Å². The van der Waals surface area contributed by atoms with Crippen molar-refractivity contribution in [3.05, 3.63) is 60.2 Å². The van der Waals surface area contributed by atoms with E-state index in [1.807, 2.05) is 54.3 Å². The first-order valence-electron chi connectivity index (χ1n) is 8.97. The molecule has 136 valence electrons. The molecule has 1 aliphatic rings. The Labute approximate surface area is 154 Å². The Morgan fingerprint density at radius 1 is 0.923 bits per heavy atom. The number of benzene rings is 2. The maximum absolute atomic E-state index is 12.7. The normalized spacial score (nSPS) is 14.2. The van der Waals surface area contributed by atoms with Gasteiger partial charge in [-0.2, -0.15) is 0 Å². The summed E-state index contributed by atoms with van der Waals surface area (Å²) in [4.78, 5) is 30.4. The van der Waals surface area contributed by atoms with Crippen LogP contribution in [0, 0.1) is 6.92 Å². The summed E-state index contributed by atoms with van der Waals surface area (Å²) in [5.41, 5.74) is 3.07. The van der Waals surface area contributed by atoms with Crippen molar-refractivity contribution in [2.24, 2.45) is 0 Å². The first-order valence-corrected chi connectivity index (χ1v) is 8.97. The fourth-order valence-electron chi connectivity index (χ4n) is 3.20. The van der Waals surface area contributed by atoms with Gasteiger partial charge in [-0.3, -0.25) is 9.59 Å². The van der Waals surface area contributed by atoms with E-state index in [1.165, 1.54) is 12.6 Å². The SMILES string of the molecule is CC(=O)N(CC(=O)N1CCN(c2ccccc2)CC1)c1ccc(C)cc1. The van der Waals surface area contributed by atoms with E-state index in [0.717, 1.165) is 24.3 Å². The fourth-order valence-corrected chi connectivity index (χ4v) is 3.20. The highest BCUT2D eigenvalue weighted by Crippen LogP contribution is 2.18. The van der Waals surface area contributed by atoms with Crippen LogP contribution in [-0.4, -0.2) is 49.4 Å². The van der Waals surface area contributed by atoms with Crippen LogP contribution in [0.25, 0.3) is 0 Å². The van der Waals surface area contributed by atoms with Crippen LogP contribution in [0.4, 0.5) is 11.4 Å². The molecule has 5 nitrogen and oxygen atoms in total. The number of anilines is 2. The summed E-state index contributed by atoms with van der Waals surface area (Å²) in [6, 6.07) is 17.9. The zero-order valence-corrected chi connectivity index (χ0v) is 15.4. The Bertz CT molecular complexity index is 751. The molecule has 1 heterocycles. The van der Waals surface area contributed by atoms with Gasteiger partial charge in [0, 0.05) is 44.5 Å². The lowest BCUT2D eigenvalue weighted by Crippen LogP contribution is -2.51. The predicted molar refractivity (Wildman–Crippen MR) is 104 cm³/mol. The van der Waals surface area contributed by atoms with E-state index < -0.39 is 0 Å². The number of hydrogen-bond donors (Lipinski definition) is 0. The van der Waals surface area contributed by atoms with Crippen molar-refractivity contribution < 1.29 is 9.59 Å². The molecule has 1 aliphatic heterocycles. The number of rotatable bonds is 4.